The first-order chi connectivity index (χ1) is 21.9. The number of hydrogen-bond donors (Lipinski definition) is 1. The molecule has 0 aromatic heterocycles. The molecule has 0 saturated heterocycles. The fraction of sp³-hybridized carbons (Fsp3) is 0.176. The molecule has 0 bridgehead atoms. The number of carbonyl (C=O) groups excluding carboxylic acids is 4. The summed E-state index contributed by atoms with van der Waals surface area (Å²) in [6.07, 6.45) is 0. The first-order valence-corrected chi connectivity index (χ1v) is 14.1. The van der Waals surface area contributed by atoms with Crippen molar-refractivity contribution in [3.63, 3.8) is 0 Å². The molecule has 1 atom stereocenters. The van der Waals surface area contributed by atoms with Crippen LogP contribution in [0.25, 0.3) is 0 Å². The molecule has 0 radical (unpaired) electrons. The van der Waals surface area contributed by atoms with Crippen LogP contribution in [0.5, 0.6) is 23.0 Å². The number of ketones is 1. The summed E-state index contributed by atoms with van der Waals surface area (Å²) in [5, 5.41) is 2.91. The van der Waals surface area contributed by atoms with Crippen LogP contribution < -0.4 is 29.2 Å². The van der Waals surface area contributed by atoms with Gasteiger partial charge >= 0.3 is 0 Å². The SMILES string of the molecule is COc1ccc(CN(C(=O)CN2C(=O)C(=O)c3ccccc32)[C@@H](C(=O)Nc2ccc(OC)cc2)c2ccc3c(c2)OCO3)cc1. The van der Waals surface area contributed by atoms with E-state index in [2.05, 4.69) is 5.32 Å². The van der Waals surface area contributed by atoms with Crippen molar-refractivity contribution >= 4 is 34.9 Å². The quantitative estimate of drug-likeness (QED) is 0.264. The summed E-state index contributed by atoms with van der Waals surface area (Å²) in [6.45, 7) is -0.440. The fourth-order valence-electron chi connectivity index (χ4n) is 5.32. The van der Waals surface area contributed by atoms with Gasteiger partial charge in [0.15, 0.2) is 11.5 Å². The van der Waals surface area contributed by atoms with Crippen molar-refractivity contribution in [3.05, 3.63) is 108 Å². The zero-order chi connectivity index (χ0) is 31.5. The average Bonchev–Trinajstić information content (AvgIpc) is 3.63. The number of nitrogens with zero attached hydrogens (tertiary/aromatic N) is 2. The molecule has 2 aliphatic rings. The summed E-state index contributed by atoms with van der Waals surface area (Å²) in [6, 6.07) is 24.2. The van der Waals surface area contributed by atoms with Gasteiger partial charge < -0.3 is 29.2 Å². The highest BCUT2D eigenvalue weighted by atomic mass is 16.7. The van der Waals surface area contributed by atoms with E-state index in [0.717, 1.165) is 4.90 Å². The number of nitrogens with one attached hydrogen (secondary N) is 1. The molecule has 0 saturated carbocycles. The van der Waals surface area contributed by atoms with Crippen molar-refractivity contribution in [1.29, 1.82) is 0 Å². The van der Waals surface area contributed by atoms with Crippen molar-refractivity contribution in [2.45, 2.75) is 12.6 Å². The van der Waals surface area contributed by atoms with E-state index >= 15 is 0 Å². The Balaban J connectivity index is 1.40. The van der Waals surface area contributed by atoms with Crippen LogP contribution >= 0.6 is 0 Å². The molecule has 2 heterocycles. The van der Waals surface area contributed by atoms with E-state index in [4.69, 9.17) is 18.9 Å². The van der Waals surface area contributed by atoms with Crippen LogP contribution in [0.3, 0.4) is 0 Å². The molecule has 228 valence electrons. The van der Waals surface area contributed by atoms with E-state index in [1.807, 2.05) is 0 Å². The molecule has 0 fully saturated rings. The molecule has 1 N–H and O–H groups in total. The normalized spacial score (nSPS) is 13.7. The first kappa shape index (κ1) is 29.2. The second-order valence-electron chi connectivity index (χ2n) is 10.3. The third kappa shape index (κ3) is 5.87. The van der Waals surface area contributed by atoms with Crippen molar-refractivity contribution < 1.29 is 38.1 Å². The number of Topliss-reactive ketones (excluding diaryl/α,β-unsaturated/α-hetero) is 1. The van der Waals surface area contributed by atoms with Crippen molar-refractivity contribution in [3.8, 4) is 23.0 Å². The number of anilines is 2. The number of ether oxygens (including phenoxy) is 4. The molecule has 4 aromatic carbocycles. The average molecular weight is 608 g/mol. The molecule has 11 heteroatoms. The van der Waals surface area contributed by atoms with Gasteiger partial charge in [0.1, 0.15) is 24.1 Å². The summed E-state index contributed by atoms with van der Waals surface area (Å²) in [5.74, 6) is -0.386. The number of fused-ring (bicyclic) bond motifs is 2. The maximum Gasteiger partial charge on any atom is 0.299 e. The van der Waals surface area contributed by atoms with E-state index in [-0.39, 0.29) is 18.9 Å². The zero-order valence-corrected chi connectivity index (χ0v) is 24.5. The first-order valence-electron chi connectivity index (χ1n) is 14.1. The van der Waals surface area contributed by atoms with Crippen LogP contribution in [0.4, 0.5) is 11.4 Å². The van der Waals surface area contributed by atoms with Gasteiger partial charge in [0.2, 0.25) is 12.7 Å². The number of methoxy groups -OCH3 is 2. The standard InChI is InChI=1S/C34H29N3O8/c1-42-24-12-7-21(8-13-24)18-37(30(38)19-36-27-6-4-3-5-26(27)32(39)34(36)41)31(22-9-16-28-29(17-22)45-20-44-28)33(40)35-23-10-14-25(43-2)15-11-23/h3-17,31H,18-20H2,1-2H3,(H,35,40)/t31-/m1/s1. The van der Waals surface area contributed by atoms with Crippen LogP contribution in [-0.2, 0) is 20.9 Å². The predicted octanol–water partition coefficient (Wildman–Crippen LogP) is 4.37. The minimum absolute atomic E-state index is 0.00437. The number of benzene rings is 4. The largest absolute Gasteiger partial charge is 0.497 e. The van der Waals surface area contributed by atoms with E-state index in [0.29, 0.717) is 45.5 Å². The van der Waals surface area contributed by atoms with Crippen molar-refractivity contribution in [2.24, 2.45) is 0 Å². The van der Waals surface area contributed by atoms with Crippen LogP contribution in [0, 0.1) is 0 Å². The topological polar surface area (TPSA) is 124 Å². The van der Waals surface area contributed by atoms with E-state index in [1.54, 1.807) is 105 Å². The number of amides is 3. The van der Waals surface area contributed by atoms with E-state index < -0.39 is 36.1 Å². The molecule has 3 amide bonds. The Hall–Kier alpha value is -5.84. The molecule has 2 aliphatic heterocycles. The smallest absolute Gasteiger partial charge is 0.299 e. The molecule has 0 unspecified atom stereocenters. The molecule has 0 spiro atoms. The second kappa shape index (κ2) is 12.4. The van der Waals surface area contributed by atoms with Gasteiger partial charge in [-0.15, -0.1) is 0 Å². The fourth-order valence-corrected chi connectivity index (χ4v) is 5.32. The van der Waals surface area contributed by atoms with Gasteiger partial charge in [-0.1, -0.05) is 30.3 Å². The highest BCUT2D eigenvalue weighted by Gasteiger charge is 2.39. The second-order valence-corrected chi connectivity index (χ2v) is 10.3. The van der Waals surface area contributed by atoms with E-state index in [1.165, 1.54) is 4.90 Å². The monoisotopic (exact) mass is 607 g/mol. The van der Waals surface area contributed by atoms with Gasteiger partial charge in [-0.2, -0.15) is 0 Å². The van der Waals surface area contributed by atoms with Crippen LogP contribution in [0.1, 0.15) is 27.5 Å². The molecule has 4 aromatic rings. The zero-order valence-electron chi connectivity index (χ0n) is 24.5. The van der Waals surface area contributed by atoms with Crippen LogP contribution in [0.15, 0.2) is 91.0 Å². The Morgan fingerprint density at radius 2 is 1.53 bits per heavy atom. The summed E-state index contributed by atoms with van der Waals surface area (Å²) < 4.78 is 21.6. The maximum absolute atomic E-state index is 14.3. The number of rotatable bonds is 10. The van der Waals surface area contributed by atoms with Crippen LogP contribution in [-0.4, -0.2) is 56.0 Å². The lowest BCUT2D eigenvalue weighted by Gasteiger charge is -2.33. The minimum Gasteiger partial charge on any atom is -0.497 e. The van der Waals surface area contributed by atoms with Gasteiger partial charge in [0.25, 0.3) is 17.6 Å². The molecular weight excluding hydrogens is 578 g/mol. The Morgan fingerprint density at radius 1 is 0.867 bits per heavy atom. The van der Waals surface area contributed by atoms with Gasteiger partial charge in [-0.25, -0.2) is 0 Å². The summed E-state index contributed by atoms with van der Waals surface area (Å²) in [4.78, 5) is 56.8. The Labute approximate surface area is 258 Å². The number of carbonyl (C=O) groups is 4. The Kier molecular flexibility index (Phi) is 8.06. The highest BCUT2D eigenvalue weighted by Crippen LogP contribution is 2.37. The summed E-state index contributed by atoms with van der Waals surface area (Å²) >= 11 is 0. The van der Waals surface area contributed by atoms with Gasteiger partial charge in [0, 0.05) is 12.2 Å². The van der Waals surface area contributed by atoms with Crippen molar-refractivity contribution in [1.82, 2.24) is 4.90 Å². The minimum atomic E-state index is -1.18. The maximum atomic E-state index is 14.3. The number of hydrogen-bond acceptors (Lipinski definition) is 8. The van der Waals surface area contributed by atoms with Gasteiger partial charge in [-0.3, -0.25) is 24.1 Å². The third-order valence-electron chi connectivity index (χ3n) is 7.63. The summed E-state index contributed by atoms with van der Waals surface area (Å²) in [7, 11) is 3.10. The molecule has 45 heavy (non-hydrogen) atoms. The Bertz CT molecular complexity index is 1770. The lowest BCUT2D eigenvalue weighted by atomic mass is 10.0. The lowest BCUT2D eigenvalue weighted by Crippen LogP contribution is -2.46. The van der Waals surface area contributed by atoms with Gasteiger partial charge in [0.05, 0.1) is 25.5 Å². The third-order valence-corrected chi connectivity index (χ3v) is 7.63. The Morgan fingerprint density at radius 3 is 2.24 bits per heavy atom. The van der Waals surface area contributed by atoms with Gasteiger partial charge in [-0.05, 0) is 71.8 Å². The van der Waals surface area contributed by atoms with Crippen LogP contribution in [0.2, 0.25) is 0 Å². The summed E-state index contributed by atoms with van der Waals surface area (Å²) in [5.41, 5.74) is 2.21. The molecule has 6 rings (SSSR count). The predicted molar refractivity (Wildman–Crippen MR) is 164 cm³/mol. The molecule has 0 aliphatic carbocycles. The molecular formula is C34H29N3O8. The van der Waals surface area contributed by atoms with E-state index in [9.17, 15) is 19.2 Å². The molecule has 11 nitrogen and oxygen atoms in total. The highest BCUT2D eigenvalue weighted by molar-refractivity contribution is 6.52. The van der Waals surface area contributed by atoms with Crippen molar-refractivity contribution in [2.75, 3.05) is 37.8 Å². The lowest BCUT2D eigenvalue weighted by molar-refractivity contribution is -0.139. The number of para-hydroxylation sites is 1.